The molecule has 0 aromatic carbocycles. The van der Waals surface area contributed by atoms with Gasteiger partial charge in [-0.2, -0.15) is 10.4 Å². The molecule has 2 unspecified atom stereocenters. The molecule has 4 heterocycles. The number of rotatable bonds is 7. The summed E-state index contributed by atoms with van der Waals surface area (Å²) in [6.07, 6.45) is 1.41. The molecule has 34 heavy (non-hydrogen) atoms. The van der Waals surface area contributed by atoms with Crippen molar-refractivity contribution < 1.29 is 19.1 Å². The predicted molar refractivity (Wildman–Crippen MR) is 122 cm³/mol. The molecule has 2 amide bonds. The van der Waals surface area contributed by atoms with Crippen LogP contribution in [0.25, 0.3) is 16.9 Å². The van der Waals surface area contributed by atoms with E-state index in [2.05, 4.69) is 26.0 Å². The number of aliphatic hydroxyl groups is 1. The minimum Gasteiger partial charge on any atom is -0.387 e. The van der Waals surface area contributed by atoms with Gasteiger partial charge >= 0.3 is 0 Å². The molecule has 3 aromatic rings. The topological polar surface area (TPSA) is 144 Å². The van der Waals surface area contributed by atoms with Crippen LogP contribution < -0.4 is 16.0 Å². The largest absolute Gasteiger partial charge is 0.387 e. The van der Waals surface area contributed by atoms with Crippen LogP contribution in [-0.2, 0) is 4.79 Å². The molecule has 4 N–H and O–H groups in total. The predicted octanol–water partition coefficient (Wildman–Crippen LogP) is 1.41. The van der Waals surface area contributed by atoms with E-state index in [1.165, 1.54) is 26.2 Å². The molecule has 1 saturated heterocycles. The van der Waals surface area contributed by atoms with Gasteiger partial charge < -0.3 is 21.1 Å². The minimum atomic E-state index is -1.66. The maximum atomic E-state index is 14.1. The number of halogens is 1. The van der Waals surface area contributed by atoms with Crippen LogP contribution in [0.3, 0.4) is 0 Å². The van der Waals surface area contributed by atoms with Gasteiger partial charge in [-0.15, -0.1) is 0 Å². The van der Waals surface area contributed by atoms with Crippen molar-refractivity contribution in [3.05, 3.63) is 47.8 Å². The highest BCUT2D eigenvalue weighted by Gasteiger charge is 2.28. The molecule has 4 rings (SSSR count). The molecule has 2 atom stereocenters. The summed E-state index contributed by atoms with van der Waals surface area (Å²) in [7, 11) is 0. The molecule has 1 aliphatic heterocycles. The van der Waals surface area contributed by atoms with Crippen LogP contribution >= 0.6 is 0 Å². The van der Waals surface area contributed by atoms with Gasteiger partial charge in [-0.1, -0.05) is 0 Å². The van der Waals surface area contributed by atoms with Crippen LogP contribution in [0.4, 0.5) is 10.1 Å². The molecule has 10 nitrogen and oxygen atoms in total. The zero-order valence-electron chi connectivity index (χ0n) is 18.7. The van der Waals surface area contributed by atoms with Crippen molar-refractivity contribution >= 4 is 23.0 Å². The van der Waals surface area contributed by atoms with Gasteiger partial charge in [-0.05, 0) is 38.1 Å². The van der Waals surface area contributed by atoms with E-state index >= 15 is 0 Å². The number of pyridine rings is 1. The number of nitriles is 1. The van der Waals surface area contributed by atoms with Crippen LogP contribution in [-0.4, -0.2) is 62.4 Å². The number of alkyl halides is 1. The standard InChI is InChI=1S/C23H24FN7O3/c1-23(2,34)20(24)12-28-22(33)16-11-26-18(7-17(16)30-14-6-21(32)27-10-14)19-4-3-15-5-13(8-25)9-29-31(15)19/h3-5,7,9,11,14,20,34H,6,10,12H2,1-2H3,(H,26,30)(H,27,32)(H,28,33). The highest BCUT2D eigenvalue weighted by atomic mass is 19.1. The summed E-state index contributed by atoms with van der Waals surface area (Å²) < 4.78 is 15.8. The molecular weight excluding hydrogens is 441 g/mol. The minimum absolute atomic E-state index is 0.0988. The average molecular weight is 465 g/mol. The third-order valence-electron chi connectivity index (χ3n) is 5.59. The molecule has 176 valence electrons. The summed E-state index contributed by atoms with van der Waals surface area (Å²) in [5.41, 5.74) is 1.28. The summed E-state index contributed by atoms with van der Waals surface area (Å²) in [6, 6.07) is 8.78. The Balaban J connectivity index is 1.66. The molecule has 1 fully saturated rings. The fourth-order valence-corrected chi connectivity index (χ4v) is 3.60. The number of hydrogen-bond donors (Lipinski definition) is 4. The lowest BCUT2D eigenvalue weighted by molar-refractivity contribution is -0.119. The normalized spacial score (nSPS) is 16.7. The second-order valence-corrected chi connectivity index (χ2v) is 8.71. The van der Waals surface area contributed by atoms with Crippen molar-refractivity contribution in [2.45, 2.75) is 38.1 Å². The SMILES string of the molecule is CC(C)(O)C(F)CNC(=O)c1cnc(-c2ccc3cc(C#N)cnn23)cc1NC1CNC(=O)C1. The Morgan fingerprint density at radius 3 is 2.88 bits per heavy atom. The van der Waals surface area contributed by atoms with Crippen molar-refractivity contribution in [2.75, 3.05) is 18.4 Å². The fourth-order valence-electron chi connectivity index (χ4n) is 3.60. The molecule has 0 radical (unpaired) electrons. The number of nitrogens with zero attached hydrogens (tertiary/aromatic N) is 4. The zero-order valence-corrected chi connectivity index (χ0v) is 18.7. The second kappa shape index (κ2) is 9.07. The van der Waals surface area contributed by atoms with E-state index < -0.39 is 17.7 Å². The van der Waals surface area contributed by atoms with E-state index in [0.717, 1.165) is 0 Å². The van der Waals surface area contributed by atoms with E-state index in [-0.39, 0.29) is 30.5 Å². The lowest BCUT2D eigenvalue weighted by Crippen LogP contribution is -2.42. The number of carbonyl (C=O) groups is 2. The third kappa shape index (κ3) is 4.82. The first kappa shape index (κ1) is 23.1. The van der Waals surface area contributed by atoms with Crippen molar-refractivity contribution in [1.82, 2.24) is 25.2 Å². The number of anilines is 1. The van der Waals surface area contributed by atoms with Gasteiger partial charge in [-0.3, -0.25) is 14.6 Å². The fraction of sp³-hybridized carbons (Fsp3) is 0.348. The van der Waals surface area contributed by atoms with Gasteiger partial charge in [0, 0.05) is 19.2 Å². The Labute approximate surface area is 194 Å². The summed E-state index contributed by atoms with van der Waals surface area (Å²) in [4.78, 5) is 28.9. The number of fused-ring (bicyclic) bond motifs is 1. The van der Waals surface area contributed by atoms with Gasteiger partial charge in [0.2, 0.25) is 5.91 Å². The smallest absolute Gasteiger partial charge is 0.255 e. The first-order valence-electron chi connectivity index (χ1n) is 10.7. The Kier molecular flexibility index (Phi) is 6.17. The summed E-state index contributed by atoms with van der Waals surface area (Å²) in [5, 5.41) is 31.6. The Hall–Kier alpha value is -4.04. The maximum absolute atomic E-state index is 14.1. The van der Waals surface area contributed by atoms with Crippen LogP contribution in [0.15, 0.2) is 36.7 Å². The van der Waals surface area contributed by atoms with Gasteiger partial charge in [0.25, 0.3) is 5.91 Å². The number of amides is 2. The highest BCUT2D eigenvalue weighted by Crippen LogP contribution is 2.26. The highest BCUT2D eigenvalue weighted by molar-refractivity contribution is 6.00. The summed E-state index contributed by atoms with van der Waals surface area (Å²) in [6.45, 7) is 2.68. The van der Waals surface area contributed by atoms with E-state index in [0.29, 0.717) is 34.7 Å². The average Bonchev–Trinajstić information content (AvgIpc) is 3.41. The molecule has 0 bridgehead atoms. The quantitative estimate of drug-likeness (QED) is 0.413. The van der Waals surface area contributed by atoms with E-state index in [1.54, 1.807) is 28.8 Å². The number of hydrogen-bond acceptors (Lipinski definition) is 7. The van der Waals surface area contributed by atoms with Gasteiger partial charge in [0.1, 0.15) is 12.2 Å². The maximum Gasteiger partial charge on any atom is 0.255 e. The molecule has 0 spiro atoms. The first-order valence-corrected chi connectivity index (χ1v) is 10.7. The van der Waals surface area contributed by atoms with Gasteiger partial charge in [-0.25, -0.2) is 8.91 Å². The Morgan fingerprint density at radius 1 is 1.41 bits per heavy atom. The van der Waals surface area contributed by atoms with E-state index in [9.17, 15) is 19.1 Å². The van der Waals surface area contributed by atoms with Gasteiger partial charge in [0.15, 0.2) is 0 Å². The number of carbonyl (C=O) groups excluding carboxylic acids is 2. The van der Waals surface area contributed by atoms with E-state index in [1.807, 2.05) is 6.07 Å². The summed E-state index contributed by atoms with van der Waals surface area (Å²) >= 11 is 0. The van der Waals surface area contributed by atoms with Crippen molar-refractivity contribution in [3.8, 4) is 17.5 Å². The second-order valence-electron chi connectivity index (χ2n) is 8.71. The number of aromatic nitrogens is 3. The monoisotopic (exact) mass is 465 g/mol. The van der Waals surface area contributed by atoms with Crippen LogP contribution in [0.5, 0.6) is 0 Å². The zero-order chi connectivity index (χ0) is 24.5. The molecule has 0 saturated carbocycles. The van der Waals surface area contributed by atoms with E-state index in [4.69, 9.17) is 5.26 Å². The Bertz CT molecular complexity index is 1290. The Morgan fingerprint density at radius 2 is 2.21 bits per heavy atom. The lowest BCUT2D eigenvalue weighted by atomic mass is 10.0. The molecular formula is C23H24FN7O3. The summed E-state index contributed by atoms with van der Waals surface area (Å²) in [5.74, 6) is -0.666. The molecule has 0 aliphatic carbocycles. The van der Waals surface area contributed by atoms with Crippen molar-refractivity contribution in [1.29, 1.82) is 5.26 Å². The lowest BCUT2D eigenvalue weighted by Gasteiger charge is -2.23. The van der Waals surface area contributed by atoms with Crippen LogP contribution in [0.2, 0.25) is 0 Å². The third-order valence-corrected chi connectivity index (χ3v) is 5.59. The van der Waals surface area contributed by atoms with Crippen LogP contribution in [0.1, 0.15) is 36.2 Å². The molecule has 1 aliphatic rings. The molecule has 3 aromatic heterocycles. The van der Waals surface area contributed by atoms with Crippen molar-refractivity contribution in [2.24, 2.45) is 0 Å². The van der Waals surface area contributed by atoms with Crippen molar-refractivity contribution in [3.63, 3.8) is 0 Å². The first-order chi connectivity index (χ1) is 16.2. The number of nitrogens with one attached hydrogen (secondary N) is 3. The van der Waals surface area contributed by atoms with Crippen LogP contribution in [0, 0.1) is 11.3 Å². The van der Waals surface area contributed by atoms with Gasteiger partial charge in [0.05, 0.1) is 58.1 Å². The molecule has 11 heteroatoms.